The van der Waals surface area contributed by atoms with Crippen LogP contribution in [-0.4, -0.2) is 25.6 Å². The van der Waals surface area contributed by atoms with Gasteiger partial charge in [0.1, 0.15) is 16.3 Å². The highest BCUT2D eigenvalue weighted by Gasteiger charge is 2.22. The van der Waals surface area contributed by atoms with Gasteiger partial charge in [0.15, 0.2) is 6.61 Å². The fourth-order valence-corrected chi connectivity index (χ4v) is 4.66. The lowest BCUT2D eigenvalue weighted by Crippen LogP contribution is -2.21. The van der Waals surface area contributed by atoms with Crippen LogP contribution in [0.25, 0.3) is 22.3 Å². The molecule has 1 heterocycles. The predicted molar refractivity (Wildman–Crippen MR) is 141 cm³/mol. The van der Waals surface area contributed by atoms with E-state index in [-0.39, 0.29) is 12.5 Å². The van der Waals surface area contributed by atoms with Gasteiger partial charge in [0, 0.05) is 10.9 Å². The molecule has 0 radical (unpaired) electrons. The van der Waals surface area contributed by atoms with Crippen molar-refractivity contribution in [2.45, 2.75) is 20.3 Å². The van der Waals surface area contributed by atoms with Gasteiger partial charge < -0.3 is 14.8 Å². The molecule has 35 heavy (non-hydrogen) atoms. The van der Waals surface area contributed by atoms with Crippen LogP contribution in [-0.2, 0) is 16.0 Å². The summed E-state index contributed by atoms with van der Waals surface area (Å²) >= 11 is 1.29. The molecule has 6 heteroatoms. The number of anilines is 1. The minimum atomic E-state index is -0.497. The Balaban J connectivity index is 1.43. The molecular weight excluding hydrogens is 458 g/mol. The Kier molecular flexibility index (Phi) is 7.63. The van der Waals surface area contributed by atoms with Gasteiger partial charge in [0.25, 0.3) is 5.91 Å². The van der Waals surface area contributed by atoms with Gasteiger partial charge >= 0.3 is 5.97 Å². The Bertz CT molecular complexity index is 1310. The van der Waals surface area contributed by atoms with Gasteiger partial charge in [-0.25, -0.2) is 4.79 Å². The van der Waals surface area contributed by atoms with E-state index in [9.17, 15) is 9.59 Å². The van der Waals surface area contributed by atoms with Crippen LogP contribution in [0.1, 0.15) is 28.4 Å². The highest BCUT2D eigenvalue weighted by atomic mass is 32.1. The molecule has 0 bridgehead atoms. The molecule has 0 fully saturated rings. The second kappa shape index (κ2) is 11.0. The van der Waals surface area contributed by atoms with Crippen LogP contribution >= 0.6 is 11.3 Å². The van der Waals surface area contributed by atoms with Crippen LogP contribution < -0.4 is 10.1 Å². The standard InChI is InChI=1S/C29H27NO4S/c1-4-20-7-11-23(12-8-20)25-18-35-28(27(25)29(32)33-3)30-26(31)17-34-24-15-13-22(14-16-24)21-9-5-19(2)6-10-21/h5-16,18H,4,17H2,1-3H3,(H,30,31). The highest BCUT2D eigenvalue weighted by Crippen LogP contribution is 2.36. The van der Waals surface area contributed by atoms with Crippen molar-refractivity contribution in [1.82, 2.24) is 0 Å². The molecule has 1 aromatic heterocycles. The molecular formula is C29H27NO4S. The van der Waals surface area contributed by atoms with E-state index in [1.807, 2.05) is 53.9 Å². The minimum Gasteiger partial charge on any atom is -0.484 e. The van der Waals surface area contributed by atoms with Gasteiger partial charge in [-0.3, -0.25) is 4.79 Å². The van der Waals surface area contributed by atoms with Gasteiger partial charge in [-0.1, -0.05) is 73.2 Å². The topological polar surface area (TPSA) is 64.6 Å². The molecule has 0 aliphatic carbocycles. The molecule has 0 atom stereocenters. The highest BCUT2D eigenvalue weighted by molar-refractivity contribution is 7.15. The molecule has 4 aromatic rings. The van der Waals surface area contributed by atoms with E-state index in [2.05, 4.69) is 43.4 Å². The predicted octanol–water partition coefficient (Wildman–Crippen LogP) is 6.76. The van der Waals surface area contributed by atoms with E-state index in [0.717, 1.165) is 28.7 Å². The van der Waals surface area contributed by atoms with Crippen LogP contribution in [0, 0.1) is 6.92 Å². The molecule has 178 valence electrons. The average Bonchev–Trinajstić information content (AvgIpc) is 3.31. The van der Waals surface area contributed by atoms with Crippen molar-refractivity contribution < 1.29 is 19.1 Å². The number of thiophene rings is 1. The molecule has 4 rings (SSSR count). The third kappa shape index (κ3) is 5.78. The van der Waals surface area contributed by atoms with Crippen molar-refractivity contribution in [3.8, 4) is 28.0 Å². The number of carbonyl (C=O) groups excluding carboxylic acids is 2. The van der Waals surface area contributed by atoms with Crippen molar-refractivity contribution in [2.24, 2.45) is 0 Å². The number of hydrogen-bond donors (Lipinski definition) is 1. The van der Waals surface area contributed by atoms with Crippen molar-refractivity contribution in [2.75, 3.05) is 19.0 Å². The van der Waals surface area contributed by atoms with Crippen LogP contribution in [0.2, 0.25) is 0 Å². The van der Waals surface area contributed by atoms with E-state index in [0.29, 0.717) is 16.3 Å². The molecule has 0 unspecified atom stereocenters. The van der Waals surface area contributed by atoms with E-state index >= 15 is 0 Å². The number of methoxy groups -OCH3 is 1. The summed E-state index contributed by atoms with van der Waals surface area (Å²) in [5, 5.41) is 5.10. The number of ether oxygens (including phenoxy) is 2. The molecule has 5 nitrogen and oxygen atoms in total. The molecule has 1 amide bonds. The first-order valence-electron chi connectivity index (χ1n) is 11.4. The van der Waals surface area contributed by atoms with Gasteiger partial charge in [-0.2, -0.15) is 0 Å². The number of benzene rings is 3. The van der Waals surface area contributed by atoms with E-state index < -0.39 is 5.97 Å². The minimum absolute atomic E-state index is 0.178. The average molecular weight is 486 g/mol. The van der Waals surface area contributed by atoms with Crippen LogP contribution in [0.15, 0.2) is 78.2 Å². The summed E-state index contributed by atoms with van der Waals surface area (Å²) in [5.74, 6) is -0.261. The van der Waals surface area contributed by atoms with Crippen LogP contribution in [0.5, 0.6) is 5.75 Å². The molecule has 0 aliphatic rings. The zero-order valence-corrected chi connectivity index (χ0v) is 20.8. The Labute approximate surface area is 209 Å². The number of rotatable bonds is 8. The molecule has 0 saturated heterocycles. The van der Waals surface area contributed by atoms with Crippen LogP contribution in [0.4, 0.5) is 5.00 Å². The second-order valence-electron chi connectivity index (χ2n) is 8.12. The number of hydrogen-bond acceptors (Lipinski definition) is 5. The molecule has 3 aromatic carbocycles. The summed E-state index contributed by atoms with van der Waals surface area (Å²) in [6.07, 6.45) is 0.934. The summed E-state index contributed by atoms with van der Waals surface area (Å²) < 4.78 is 10.7. The number of aryl methyl sites for hydroxylation is 2. The largest absolute Gasteiger partial charge is 0.484 e. The zero-order valence-electron chi connectivity index (χ0n) is 20.0. The Morgan fingerprint density at radius 3 is 2.06 bits per heavy atom. The van der Waals surface area contributed by atoms with Gasteiger partial charge in [0.05, 0.1) is 7.11 Å². The summed E-state index contributed by atoms with van der Waals surface area (Å²) in [6.45, 7) is 3.97. The van der Waals surface area contributed by atoms with Crippen molar-refractivity contribution >= 4 is 28.2 Å². The lowest BCUT2D eigenvalue weighted by atomic mass is 10.0. The Morgan fingerprint density at radius 2 is 1.46 bits per heavy atom. The quantitative estimate of drug-likeness (QED) is 0.280. The summed E-state index contributed by atoms with van der Waals surface area (Å²) in [7, 11) is 1.33. The number of carbonyl (C=O) groups is 2. The van der Waals surface area contributed by atoms with Crippen molar-refractivity contribution in [3.05, 3.63) is 94.9 Å². The smallest absolute Gasteiger partial charge is 0.341 e. The molecule has 0 spiro atoms. The first kappa shape index (κ1) is 24.2. The third-order valence-corrected chi connectivity index (χ3v) is 6.61. The fourth-order valence-electron chi connectivity index (χ4n) is 3.69. The zero-order chi connectivity index (χ0) is 24.8. The van der Waals surface area contributed by atoms with Gasteiger partial charge in [-0.05, 0) is 47.7 Å². The first-order valence-corrected chi connectivity index (χ1v) is 12.2. The fraction of sp³-hybridized carbons (Fsp3) is 0.172. The lowest BCUT2D eigenvalue weighted by molar-refractivity contribution is -0.118. The molecule has 0 aliphatic heterocycles. The summed E-state index contributed by atoms with van der Waals surface area (Å²) in [6, 6.07) is 23.9. The van der Waals surface area contributed by atoms with Crippen LogP contribution in [0.3, 0.4) is 0 Å². The molecule has 0 saturated carbocycles. The Hall–Kier alpha value is -3.90. The maximum atomic E-state index is 12.6. The van der Waals surface area contributed by atoms with Crippen molar-refractivity contribution in [1.29, 1.82) is 0 Å². The lowest BCUT2D eigenvalue weighted by Gasteiger charge is -2.10. The maximum Gasteiger partial charge on any atom is 0.341 e. The normalized spacial score (nSPS) is 10.6. The SMILES string of the molecule is CCc1ccc(-c2csc(NC(=O)COc3ccc(-c4ccc(C)cc4)cc3)c2C(=O)OC)cc1. The third-order valence-electron chi connectivity index (χ3n) is 5.72. The van der Waals surface area contributed by atoms with E-state index in [1.54, 1.807) is 0 Å². The number of nitrogens with one attached hydrogen (secondary N) is 1. The molecule has 1 N–H and O–H groups in total. The van der Waals surface area contributed by atoms with Gasteiger partial charge in [0.2, 0.25) is 0 Å². The Morgan fingerprint density at radius 1 is 0.857 bits per heavy atom. The van der Waals surface area contributed by atoms with E-state index in [1.165, 1.54) is 29.6 Å². The first-order chi connectivity index (χ1) is 17.0. The maximum absolute atomic E-state index is 12.6. The van der Waals surface area contributed by atoms with Crippen molar-refractivity contribution in [3.63, 3.8) is 0 Å². The number of amides is 1. The number of esters is 1. The summed E-state index contributed by atoms with van der Waals surface area (Å²) in [4.78, 5) is 25.2. The monoisotopic (exact) mass is 485 g/mol. The van der Waals surface area contributed by atoms with E-state index in [4.69, 9.17) is 9.47 Å². The summed E-state index contributed by atoms with van der Waals surface area (Å²) in [5.41, 5.74) is 6.58. The van der Waals surface area contributed by atoms with Gasteiger partial charge in [-0.15, -0.1) is 11.3 Å². The second-order valence-corrected chi connectivity index (χ2v) is 9.00.